The monoisotopic (exact) mass is 463 g/mol. The molecular formula is C24H37N3O4S. The molecule has 0 aliphatic heterocycles. The third-order valence-electron chi connectivity index (χ3n) is 4.78. The molecule has 0 spiro atoms. The van der Waals surface area contributed by atoms with Gasteiger partial charge in [-0.1, -0.05) is 29.8 Å². The lowest BCUT2D eigenvalue weighted by Crippen LogP contribution is -2.55. The van der Waals surface area contributed by atoms with E-state index in [0.29, 0.717) is 0 Å². The number of nitrogens with one attached hydrogen (secondary N) is 2. The molecule has 1 fully saturated rings. The number of carbonyl (C=O) groups excluding carboxylic acids is 3. The van der Waals surface area contributed by atoms with Gasteiger partial charge in [-0.3, -0.25) is 9.59 Å². The molecule has 0 aromatic heterocycles. The van der Waals surface area contributed by atoms with E-state index in [0.717, 1.165) is 24.0 Å². The van der Waals surface area contributed by atoms with Crippen molar-refractivity contribution in [2.75, 3.05) is 5.75 Å². The number of amides is 3. The van der Waals surface area contributed by atoms with E-state index >= 15 is 0 Å². The summed E-state index contributed by atoms with van der Waals surface area (Å²) in [4.78, 5) is 41.0. The van der Waals surface area contributed by atoms with E-state index < -0.39 is 29.3 Å². The van der Waals surface area contributed by atoms with Gasteiger partial charge in [0.15, 0.2) is 0 Å². The number of hydrogen-bond donors (Lipinski definition) is 3. The van der Waals surface area contributed by atoms with Gasteiger partial charge in [0.05, 0.1) is 0 Å². The molecule has 8 heteroatoms. The van der Waals surface area contributed by atoms with Crippen LogP contribution in [0.1, 0.15) is 71.6 Å². The number of thiol groups is 1. The highest BCUT2D eigenvalue weighted by Crippen LogP contribution is 2.36. The van der Waals surface area contributed by atoms with Crippen molar-refractivity contribution < 1.29 is 19.1 Å². The summed E-state index contributed by atoms with van der Waals surface area (Å²) < 4.78 is 5.31. The summed E-state index contributed by atoms with van der Waals surface area (Å²) >= 11 is 4.30. The van der Waals surface area contributed by atoms with Crippen LogP contribution < -0.4 is 10.6 Å². The number of carbonyl (C=O) groups is 3. The minimum Gasteiger partial charge on any atom is -0.444 e. The summed E-state index contributed by atoms with van der Waals surface area (Å²) in [5.74, 6) is -0.511. The molecule has 1 aliphatic rings. The fourth-order valence-electron chi connectivity index (χ4n) is 3.31. The molecule has 0 heterocycles. The first kappa shape index (κ1) is 26.0. The van der Waals surface area contributed by atoms with Crippen LogP contribution in [0.25, 0.3) is 0 Å². The molecule has 0 bridgehead atoms. The number of benzene rings is 1. The molecule has 2 N–H and O–H groups in total. The normalized spacial score (nSPS) is 16.0. The van der Waals surface area contributed by atoms with E-state index in [1.807, 2.05) is 52.0 Å². The number of alkyl carbamates (subject to hydrolysis) is 1. The van der Waals surface area contributed by atoms with Gasteiger partial charge in [-0.2, -0.15) is 12.6 Å². The molecule has 2 atom stereocenters. The third kappa shape index (κ3) is 7.73. The smallest absolute Gasteiger partial charge is 0.408 e. The summed E-state index contributed by atoms with van der Waals surface area (Å²) in [6.07, 6.45) is 0.928. The summed E-state index contributed by atoms with van der Waals surface area (Å²) in [5.41, 5.74) is 0.637. The first-order valence-corrected chi connectivity index (χ1v) is 11.7. The maximum atomic E-state index is 13.6. The number of aryl methyl sites for hydroxylation is 1. The van der Waals surface area contributed by atoms with Crippen molar-refractivity contribution in [2.24, 2.45) is 0 Å². The van der Waals surface area contributed by atoms with Crippen LogP contribution in [0.2, 0.25) is 0 Å². The van der Waals surface area contributed by atoms with Crippen molar-refractivity contribution in [1.82, 2.24) is 15.5 Å². The maximum Gasteiger partial charge on any atom is 0.408 e. The van der Waals surface area contributed by atoms with Gasteiger partial charge in [0.1, 0.15) is 17.7 Å². The number of nitrogens with zero attached hydrogens (tertiary/aromatic N) is 1. The molecule has 1 aromatic rings. The molecule has 1 aliphatic carbocycles. The fraction of sp³-hybridized carbons (Fsp3) is 0.625. The Morgan fingerprint density at radius 2 is 1.66 bits per heavy atom. The van der Waals surface area contributed by atoms with Crippen molar-refractivity contribution in [2.45, 2.75) is 90.6 Å². The van der Waals surface area contributed by atoms with Crippen molar-refractivity contribution in [3.63, 3.8) is 0 Å². The van der Waals surface area contributed by atoms with E-state index in [1.165, 1.54) is 0 Å². The molecular weight excluding hydrogens is 426 g/mol. The largest absolute Gasteiger partial charge is 0.444 e. The van der Waals surface area contributed by atoms with Crippen LogP contribution in [0.4, 0.5) is 4.79 Å². The number of hydrogen-bond acceptors (Lipinski definition) is 5. The van der Waals surface area contributed by atoms with E-state index in [-0.39, 0.29) is 23.6 Å². The second kappa shape index (κ2) is 10.1. The van der Waals surface area contributed by atoms with Crippen LogP contribution in [-0.2, 0) is 14.3 Å². The zero-order valence-corrected chi connectivity index (χ0v) is 21.1. The molecule has 32 heavy (non-hydrogen) atoms. The summed E-state index contributed by atoms with van der Waals surface area (Å²) in [6.45, 7) is 12.9. The van der Waals surface area contributed by atoms with Gasteiger partial charge in [0.25, 0.3) is 0 Å². The second-order valence-corrected chi connectivity index (χ2v) is 10.8. The van der Waals surface area contributed by atoms with Crippen molar-refractivity contribution in [1.29, 1.82) is 0 Å². The molecule has 0 radical (unpaired) electrons. The van der Waals surface area contributed by atoms with Crippen LogP contribution in [0, 0.1) is 6.92 Å². The van der Waals surface area contributed by atoms with Crippen LogP contribution in [0.5, 0.6) is 0 Å². The Labute approximate surface area is 197 Å². The molecule has 178 valence electrons. The van der Waals surface area contributed by atoms with E-state index in [4.69, 9.17) is 4.74 Å². The second-order valence-electron chi connectivity index (χ2n) is 10.4. The lowest BCUT2D eigenvalue weighted by molar-refractivity contribution is -0.143. The van der Waals surface area contributed by atoms with Gasteiger partial charge in [0.2, 0.25) is 11.8 Å². The summed E-state index contributed by atoms with van der Waals surface area (Å²) in [6, 6.07) is 5.82. The Bertz CT molecular complexity index is 823. The van der Waals surface area contributed by atoms with Crippen LogP contribution in [-0.4, -0.2) is 51.8 Å². The highest BCUT2D eigenvalue weighted by molar-refractivity contribution is 7.80. The Hall–Kier alpha value is -2.22. The Kier molecular flexibility index (Phi) is 8.26. The van der Waals surface area contributed by atoms with Crippen molar-refractivity contribution in [3.8, 4) is 0 Å². The van der Waals surface area contributed by atoms with Gasteiger partial charge in [-0.05, 0) is 66.9 Å². The highest BCUT2D eigenvalue weighted by atomic mass is 32.1. The predicted molar refractivity (Wildman–Crippen MR) is 129 cm³/mol. The van der Waals surface area contributed by atoms with Crippen molar-refractivity contribution in [3.05, 3.63) is 35.4 Å². The Morgan fingerprint density at radius 3 is 2.09 bits per heavy atom. The van der Waals surface area contributed by atoms with Crippen LogP contribution in [0.3, 0.4) is 0 Å². The topological polar surface area (TPSA) is 87.7 Å². The zero-order valence-electron chi connectivity index (χ0n) is 20.2. The fourth-order valence-corrected chi connectivity index (χ4v) is 3.56. The average molecular weight is 464 g/mol. The van der Waals surface area contributed by atoms with Gasteiger partial charge in [-0.25, -0.2) is 4.79 Å². The maximum absolute atomic E-state index is 13.6. The standard InChI is InChI=1S/C24H37N3O4S/c1-15-8-10-16(11-9-15)19(20(28)26-23(2,3)4)27(17-12-13-17)21(29)18(14-32)25-22(30)31-24(5,6)7/h8-11,17-19,32H,12-14H2,1-7H3,(H,25,30)(H,26,28). The van der Waals surface area contributed by atoms with Gasteiger partial charge in [0, 0.05) is 17.3 Å². The minimum atomic E-state index is -0.913. The summed E-state index contributed by atoms with van der Waals surface area (Å²) in [7, 11) is 0. The molecule has 2 unspecified atom stereocenters. The van der Waals surface area contributed by atoms with E-state index in [1.54, 1.807) is 25.7 Å². The van der Waals surface area contributed by atoms with Crippen LogP contribution in [0.15, 0.2) is 24.3 Å². The molecule has 1 saturated carbocycles. The quantitative estimate of drug-likeness (QED) is 0.537. The third-order valence-corrected chi connectivity index (χ3v) is 5.15. The lowest BCUT2D eigenvalue weighted by Gasteiger charge is -2.36. The zero-order chi connectivity index (χ0) is 24.3. The van der Waals surface area contributed by atoms with E-state index in [2.05, 4.69) is 23.3 Å². The van der Waals surface area contributed by atoms with E-state index in [9.17, 15) is 14.4 Å². The summed E-state index contributed by atoms with van der Waals surface area (Å²) in [5, 5.41) is 5.64. The SMILES string of the molecule is Cc1ccc(C(C(=O)NC(C)(C)C)N(C(=O)C(CS)NC(=O)OC(C)(C)C)C2CC2)cc1. The Balaban J connectivity index is 2.38. The molecule has 2 rings (SSSR count). The van der Waals surface area contributed by atoms with Crippen LogP contribution >= 0.6 is 12.6 Å². The highest BCUT2D eigenvalue weighted by Gasteiger charge is 2.44. The van der Waals surface area contributed by atoms with Gasteiger partial charge >= 0.3 is 6.09 Å². The number of rotatable bonds is 7. The van der Waals surface area contributed by atoms with Crippen molar-refractivity contribution >= 4 is 30.5 Å². The predicted octanol–water partition coefficient (Wildman–Crippen LogP) is 3.76. The minimum absolute atomic E-state index is 0.0673. The van der Waals surface area contributed by atoms with Gasteiger partial charge in [-0.15, -0.1) is 0 Å². The molecule has 1 aromatic carbocycles. The molecule has 3 amide bonds. The lowest BCUT2D eigenvalue weighted by atomic mass is 9.99. The Morgan fingerprint density at radius 1 is 1.09 bits per heavy atom. The number of ether oxygens (including phenoxy) is 1. The first-order chi connectivity index (χ1) is 14.7. The molecule has 0 saturated heterocycles. The average Bonchev–Trinajstić information content (AvgIpc) is 3.46. The van der Waals surface area contributed by atoms with Gasteiger partial charge < -0.3 is 20.3 Å². The first-order valence-electron chi connectivity index (χ1n) is 11.0. The molecule has 7 nitrogen and oxygen atoms in total.